The van der Waals surface area contributed by atoms with Gasteiger partial charge in [-0.05, 0) is 120 Å². The molecule has 0 radical (unpaired) electrons. The first kappa shape index (κ1) is 76.8. The van der Waals surface area contributed by atoms with Crippen LogP contribution in [-0.4, -0.2) is 305 Å². The Kier molecular flexibility index (Phi) is 23.8. The van der Waals surface area contributed by atoms with Crippen LogP contribution < -0.4 is 0 Å². The smallest absolute Gasteiger partial charge is 0.394 e. The molecule has 39 atom stereocenters. The highest BCUT2D eigenvalue weighted by Gasteiger charge is 2.64. The van der Waals surface area contributed by atoms with Gasteiger partial charge in [0.2, 0.25) is 0 Å². The number of hydrogen-bond donors (Lipinski definition) is 16. The molecule has 96 heavy (non-hydrogen) atoms. The molecule has 0 bridgehead atoms. The highest BCUT2D eigenvalue weighted by Crippen LogP contribution is 2.67. The Morgan fingerprint density at radius 1 is 0.573 bits per heavy atom. The molecule has 16 N–H and O–H groups in total. The lowest BCUT2D eigenvalue weighted by Crippen LogP contribution is -2.67. The van der Waals surface area contributed by atoms with Crippen molar-refractivity contribution in [2.24, 2.45) is 46.3 Å². The number of ketones is 1. The highest BCUT2D eigenvalue weighted by molar-refractivity contribution is 7.80. The summed E-state index contributed by atoms with van der Waals surface area (Å²) < 4.78 is 113. The summed E-state index contributed by atoms with van der Waals surface area (Å²) in [7, 11) is -4.91. The molecule has 0 aromatic carbocycles. The SMILES string of the molecule is CC(C)[C@@H](C)C(=O)C[C@](C)(O)[C@H]1CC[C@H]2[C@@H]3C[C@H](O[C@@H]4O[C@H](C)[C@@H](O)[C@H](O[C@@H]5OC[C@@H](O[C@@H]6O[C@H](CO)[C@H](O)[C@H](O)[C@H]6O[C@@H]6O[C@H](C)[C@H](O)[C@H](O[C@@H]7O[C@H](C)[C@H](O)[C@H](O)[C@H]7O)[C@H]6O)[C@H](O)[C@H]5O[C@@H]5O[C@H](C)[C@@H](O)[C@H](O)[C@H]5O)[C@H]4O)[C@H]4C[C@@H](OS(=O)(=O)O)CC[C@]4(C)C3=CC[C@@]21C. The van der Waals surface area contributed by atoms with Gasteiger partial charge in [0.15, 0.2) is 37.7 Å². The zero-order chi connectivity index (χ0) is 70.5. The molecule has 4 aliphatic carbocycles. The predicted molar refractivity (Wildman–Crippen MR) is 321 cm³/mol. The van der Waals surface area contributed by atoms with E-state index >= 15 is 0 Å². The van der Waals surface area contributed by atoms with Gasteiger partial charge >= 0.3 is 10.4 Å². The fourth-order valence-electron chi connectivity index (χ4n) is 17.2. The summed E-state index contributed by atoms with van der Waals surface area (Å²) in [6.07, 6.45) is -47.3. The molecule has 6 heterocycles. The molecule has 3 saturated carbocycles. The van der Waals surface area contributed by atoms with E-state index in [1.807, 2.05) is 20.8 Å². The number of allylic oxidation sites excluding steroid dienone is 2. The Morgan fingerprint density at radius 3 is 1.59 bits per heavy atom. The lowest BCUT2D eigenvalue weighted by molar-refractivity contribution is -0.402. The molecular formula is C63H104O32S. The molecule has 0 unspecified atom stereocenters. The van der Waals surface area contributed by atoms with Crippen molar-refractivity contribution in [3.8, 4) is 0 Å². The van der Waals surface area contributed by atoms with Crippen LogP contribution in [0.3, 0.4) is 0 Å². The molecule has 32 nitrogen and oxygen atoms in total. The van der Waals surface area contributed by atoms with E-state index < -0.39 is 236 Å². The van der Waals surface area contributed by atoms with Gasteiger partial charge in [0.05, 0.1) is 55.4 Å². The lowest BCUT2D eigenvalue weighted by atomic mass is 9.47. The van der Waals surface area contributed by atoms with Crippen LogP contribution in [0.15, 0.2) is 11.6 Å². The number of aliphatic hydroxyl groups excluding tert-OH is 14. The Balaban J connectivity index is 0.905. The second-order valence-electron chi connectivity index (χ2n) is 29.8. The topological polar surface area (TPSA) is 495 Å². The fourth-order valence-corrected chi connectivity index (χ4v) is 17.7. The fraction of sp³-hybridized carbons (Fsp3) is 0.952. The van der Waals surface area contributed by atoms with Gasteiger partial charge in [-0.3, -0.25) is 9.35 Å². The minimum absolute atomic E-state index is 0.0171. The average Bonchev–Trinajstić information content (AvgIpc) is 1.38. The lowest BCUT2D eigenvalue weighted by Gasteiger charge is -2.60. The van der Waals surface area contributed by atoms with Crippen molar-refractivity contribution in [1.29, 1.82) is 0 Å². The van der Waals surface area contributed by atoms with E-state index in [2.05, 4.69) is 19.9 Å². The molecule has 0 aromatic heterocycles. The van der Waals surface area contributed by atoms with Crippen molar-refractivity contribution in [1.82, 2.24) is 0 Å². The van der Waals surface area contributed by atoms with Crippen molar-refractivity contribution in [3.05, 3.63) is 11.6 Å². The van der Waals surface area contributed by atoms with Gasteiger partial charge in [0, 0.05) is 12.3 Å². The standard InChI is InChI=1S/C63H104O32S/c1-22(2)23(3)33(65)19-63(10,79)37-12-11-30-29-18-34(32-17-28(95-96(80,81)82)13-15-61(32,8)31(29)14-16-62(30,37)9)88-57-49(77)52(41(69)26(6)86-57)92-59-53(93-56-48(76)45(73)39(67)25(5)85-56)43(71)36(21-83-59)90-60-54(46(74)42(70)35(20-64)89-60)94-58-50(78)51(40(68)27(7)87-58)91-55-47(75)44(72)38(66)24(4)84-55/h14,22-30,32,34-60,64,66-79H,11-13,15-21H2,1-10H3,(H,80,81,82)/t23-,24-,25-,26-,27-,28+,29+,30+,32-,34+,35-,36-,37+,38+,39-,40+,41-,42+,43+,44+,45+,46+,47-,48-,49-,50-,51+,52+,53-,54-,55+,56+,57+,58+,59+,60+,61-,62+,63+/m1/s1. The second kappa shape index (κ2) is 29.7. The zero-order valence-corrected chi connectivity index (χ0v) is 56.4. The van der Waals surface area contributed by atoms with Gasteiger partial charge in [-0.25, -0.2) is 4.18 Å². The maximum absolute atomic E-state index is 13.6. The van der Waals surface area contributed by atoms with Gasteiger partial charge in [-0.15, -0.1) is 0 Å². The molecule has 0 spiro atoms. The van der Waals surface area contributed by atoms with E-state index in [0.717, 1.165) is 5.57 Å². The maximum Gasteiger partial charge on any atom is 0.397 e. The number of ether oxygens (including phenoxy) is 12. The zero-order valence-electron chi connectivity index (χ0n) is 55.6. The average molecular weight is 1410 g/mol. The number of aliphatic hydroxyl groups is 15. The third-order valence-corrected chi connectivity index (χ3v) is 23.7. The van der Waals surface area contributed by atoms with Crippen molar-refractivity contribution in [2.45, 2.75) is 317 Å². The van der Waals surface area contributed by atoms with Gasteiger partial charge in [0.25, 0.3) is 0 Å². The highest BCUT2D eigenvalue weighted by atomic mass is 32.3. The maximum atomic E-state index is 13.6. The molecule has 10 rings (SSSR count). The first-order chi connectivity index (χ1) is 44.8. The number of carbonyl (C=O) groups is 1. The molecule has 9 fully saturated rings. The third-order valence-electron chi connectivity index (χ3n) is 23.2. The van der Waals surface area contributed by atoms with Crippen LogP contribution in [0.5, 0.6) is 0 Å². The van der Waals surface area contributed by atoms with Crippen molar-refractivity contribution >= 4 is 16.2 Å². The quantitative estimate of drug-likeness (QED) is 0.0414. The molecule has 10 aliphatic rings. The molecule has 33 heteroatoms. The number of fused-ring (bicyclic) bond motifs is 5. The number of rotatable bonds is 20. The summed E-state index contributed by atoms with van der Waals surface area (Å²) in [6.45, 7) is 15.7. The predicted octanol–water partition coefficient (Wildman–Crippen LogP) is -3.58. The summed E-state index contributed by atoms with van der Waals surface area (Å²) in [5.41, 5.74) is -1.38. The van der Waals surface area contributed by atoms with E-state index in [-0.39, 0.29) is 54.6 Å². The Bertz CT molecular complexity index is 2770. The third kappa shape index (κ3) is 15.0. The van der Waals surface area contributed by atoms with Crippen LogP contribution in [0.25, 0.3) is 0 Å². The minimum Gasteiger partial charge on any atom is -0.394 e. The van der Waals surface area contributed by atoms with E-state index in [1.165, 1.54) is 27.7 Å². The Hall–Kier alpha value is -1.80. The molecule has 0 amide bonds. The van der Waals surface area contributed by atoms with E-state index in [9.17, 15) is 94.4 Å². The second-order valence-corrected chi connectivity index (χ2v) is 30.9. The molecule has 0 aromatic rings. The molecular weight excluding hydrogens is 1300 g/mol. The summed E-state index contributed by atoms with van der Waals surface area (Å²) in [5.74, 6) is -1.23. The van der Waals surface area contributed by atoms with Crippen LogP contribution in [0, 0.1) is 46.3 Å². The van der Waals surface area contributed by atoms with Crippen LogP contribution in [0.4, 0.5) is 0 Å². The van der Waals surface area contributed by atoms with Crippen LogP contribution >= 0.6 is 0 Å². The summed E-state index contributed by atoms with van der Waals surface area (Å²) in [6, 6.07) is 0. The van der Waals surface area contributed by atoms with Gasteiger partial charge in [0.1, 0.15) is 122 Å². The van der Waals surface area contributed by atoms with Crippen LogP contribution in [0.1, 0.15) is 121 Å². The first-order valence-electron chi connectivity index (χ1n) is 33.7. The van der Waals surface area contributed by atoms with E-state index in [4.69, 9.17) is 61.0 Å². The van der Waals surface area contributed by atoms with Crippen LogP contribution in [0.2, 0.25) is 0 Å². The normalized spacial score (nSPS) is 51.9. The Labute approximate surface area is 557 Å². The minimum atomic E-state index is -4.91. The van der Waals surface area contributed by atoms with Gasteiger partial charge in [-0.2, -0.15) is 8.42 Å². The molecule has 6 aliphatic heterocycles. The van der Waals surface area contributed by atoms with Gasteiger partial charge < -0.3 is 133 Å². The molecule has 554 valence electrons. The molecule has 6 saturated heterocycles. The first-order valence-corrected chi connectivity index (χ1v) is 35.1. The summed E-state index contributed by atoms with van der Waals surface area (Å²) in [4.78, 5) is 13.6. The Morgan fingerprint density at radius 2 is 1.06 bits per heavy atom. The number of Topliss-reactive ketones (excluding diaryl/α,β-unsaturated/α-hetero) is 1. The number of hydrogen-bond acceptors (Lipinski definition) is 31. The van der Waals surface area contributed by atoms with E-state index in [1.54, 1.807) is 6.92 Å². The number of carbonyl (C=O) groups excluding carboxylic acids is 1. The largest absolute Gasteiger partial charge is 0.397 e. The monoisotopic (exact) mass is 1400 g/mol. The van der Waals surface area contributed by atoms with Crippen molar-refractivity contribution < 1.29 is 155 Å². The summed E-state index contributed by atoms with van der Waals surface area (Å²) in [5, 5.41) is 170. The van der Waals surface area contributed by atoms with Gasteiger partial charge in [-0.1, -0.05) is 46.3 Å². The van der Waals surface area contributed by atoms with E-state index in [0.29, 0.717) is 32.1 Å². The van der Waals surface area contributed by atoms with Crippen molar-refractivity contribution in [2.75, 3.05) is 13.2 Å². The van der Waals surface area contributed by atoms with Crippen LogP contribution in [-0.2, 0) is 76.2 Å². The van der Waals surface area contributed by atoms with Crippen molar-refractivity contribution in [3.63, 3.8) is 0 Å². The summed E-state index contributed by atoms with van der Waals surface area (Å²) >= 11 is 0.